The van der Waals surface area contributed by atoms with Gasteiger partial charge in [0.05, 0.1) is 6.07 Å². The topological polar surface area (TPSA) is 40.9 Å². The van der Waals surface area contributed by atoms with Gasteiger partial charge in [-0.25, -0.2) is 0 Å². The highest BCUT2D eigenvalue weighted by Gasteiger charge is 1.94. The molecule has 2 nitrogen and oxygen atoms in total. The summed E-state index contributed by atoms with van der Waals surface area (Å²) < 4.78 is 0. The summed E-state index contributed by atoms with van der Waals surface area (Å²) in [5, 5.41) is 8.08. The molecule has 0 saturated heterocycles. The van der Waals surface area contributed by atoms with Crippen LogP contribution in [0.1, 0.15) is 19.8 Å². The van der Waals surface area contributed by atoms with Crippen LogP contribution in [-0.2, 0) is 4.79 Å². The van der Waals surface area contributed by atoms with E-state index < -0.39 is 0 Å². The fraction of sp³-hybridized carbons (Fsp3) is 0.500. The van der Waals surface area contributed by atoms with E-state index in [-0.39, 0.29) is 5.92 Å². The van der Waals surface area contributed by atoms with Crippen molar-refractivity contribution < 1.29 is 4.79 Å². The van der Waals surface area contributed by atoms with Gasteiger partial charge in [0.15, 0.2) is 0 Å². The van der Waals surface area contributed by atoms with Gasteiger partial charge in [-0.2, -0.15) is 5.26 Å². The standard InChI is InChI=1S/C8H11NO/c1-8(7-10)5-3-2-4-6-9/h2,4,7-8H,3,5H2,1H3/b4-2-. The smallest absolute Gasteiger partial charge is 0.122 e. The minimum absolute atomic E-state index is 0.114. The molecule has 0 N–H and O–H groups in total. The Morgan fingerprint density at radius 3 is 2.90 bits per heavy atom. The average Bonchev–Trinajstić information content (AvgIpc) is 1.98. The summed E-state index contributed by atoms with van der Waals surface area (Å²) in [5.74, 6) is 0.114. The normalized spacial score (nSPS) is 12.8. The van der Waals surface area contributed by atoms with Crippen LogP contribution in [0.15, 0.2) is 12.2 Å². The Bertz CT molecular complexity index is 155. The largest absolute Gasteiger partial charge is 0.303 e. The molecule has 0 amide bonds. The third-order valence-corrected chi connectivity index (χ3v) is 1.21. The Morgan fingerprint density at radius 1 is 1.70 bits per heavy atom. The molecule has 2 heteroatoms. The van der Waals surface area contributed by atoms with E-state index in [2.05, 4.69) is 0 Å². The second kappa shape index (κ2) is 6.03. The molecule has 1 atom stereocenters. The number of aldehydes is 1. The van der Waals surface area contributed by atoms with Gasteiger partial charge >= 0.3 is 0 Å². The van der Waals surface area contributed by atoms with E-state index in [4.69, 9.17) is 5.26 Å². The van der Waals surface area contributed by atoms with Gasteiger partial charge in [0, 0.05) is 12.0 Å². The maximum atomic E-state index is 10.1. The lowest BCUT2D eigenvalue weighted by Crippen LogP contribution is -1.93. The van der Waals surface area contributed by atoms with Crippen molar-refractivity contribution >= 4 is 6.29 Å². The van der Waals surface area contributed by atoms with E-state index in [1.54, 1.807) is 6.08 Å². The molecule has 0 heterocycles. The van der Waals surface area contributed by atoms with Gasteiger partial charge in [0.1, 0.15) is 6.29 Å². The van der Waals surface area contributed by atoms with Crippen molar-refractivity contribution in [1.29, 1.82) is 5.26 Å². The molecule has 0 spiro atoms. The fourth-order valence-corrected chi connectivity index (χ4v) is 0.563. The zero-order valence-electron chi connectivity index (χ0n) is 6.08. The summed E-state index contributed by atoms with van der Waals surface area (Å²) in [6.07, 6.45) is 5.80. The Hall–Kier alpha value is -1.10. The molecular formula is C8H11NO. The van der Waals surface area contributed by atoms with Gasteiger partial charge in [-0.3, -0.25) is 0 Å². The van der Waals surface area contributed by atoms with Gasteiger partial charge in [-0.05, 0) is 12.8 Å². The van der Waals surface area contributed by atoms with Gasteiger partial charge in [-0.1, -0.05) is 13.0 Å². The first-order valence-corrected chi connectivity index (χ1v) is 3.31. The lowest BCUT2D eigenvalue weighted by Gasteiger charge is -1.96. The zero-order chi connectivity index (χ0) is 7.82. The first kappa shape index (κ1) is 8.90. The van der Waals surface area contributed by atoms with E-state index in [1.807, 2.05) is 13.0 Å². The van der Waals surface area contributed by atoms with E-state index >= 15 is 0 Å². The molecule has 0 fully saturated rings. The fourth-order valence-electron chi connectivity index (χ4n) is 0.563. The molecule has 0 rings (SSSR count). The number of carbonyl (C=O) groups excluding carboxylic acids is 1. The minimum Gasteiger partial charge on any atom is -0.303 e. The maximum Gasteiger partial charge on any atom is 0.122 e. The quantitative estimate of drug-likeness (QED) is 0.437. The highest BCUT2D eigenvalue weighted by Crippen LogP contribution is 2.01. The Balaban J connectivity index is 3.29. The molecule has 10 heavy (non-hydrogen) atoms. The lowest BCUT2D eigenvalue weighted by atomic mass is 10.1. The number of allylic oxidation sites excluding steroid dienone is 2. The highest BCUT2D eigenvalue weighted by molar-refractivity contribution is 5.52. The van der Waals surface area contributed by atoms with E-state index in [0.717, 1.165) is 19.1 Å². The van der Waals surface area contributed by atoms with Crippen LogP contribution in [-0.4, -0.2) is 6.29 Å². The second-order valence-electron chi connectivity index (χ2n) is 2.22. The van der Waals surface area contributed by atoms with Crippen molar-refractivity contribution in [2.24, 2.45) is 5.92 Å². The third-order valence-electron chi connectivity index (χ3n) is 1.21. The monoisotopic (exact) mass is 137 g/mol. The number of hydrogen-bond acceptors (Lipinski definition) is 2. The molecule has 0 aliphatic rings. The van der Waals surface area contributed by atoms with E-state index in [9.17, 15) is 4.79 Å². The average molecular weight is 137 g/mol. The van der Waals surface area contributed by atoms with Crippen LogP contribution in [0.5, 0.6) is 0 Å². The summed E-state index contributed by atoms with van der Waals surface area (Å²) in [7, 11) is 0. The van der Waals surface area contributed by atoms with Crippen LogP contribution < -0.4 is 0 Å². The zero-order valence-corrected chi connectivity index (χ0v) is 6.08. The summed E-state index contributed by atoms with van der Waals surface area (Å²) in [6, 6.07) is 1.89. The van der Waals surface area contributed by atoms with Gasteiger partial charge < -0.3 is 4.79 Å². The highest BCUT2D eigenvalue weighted by atomic mass is 16.1. The molecule has 0 aromatic rings. The Kier molecular flexibility index (Phi) is 5.36. The van der Waals surface area contributed by atoms with Crippen LogP contribution >= 0.6 is 0 Å². The first-order chi connectivity index (χ1) is 4.81. The van der Waals surface area contributed by atoms with Gasteiger partial charge in [-0.15, -0.1) is 0 Å². The number of rotatable bonds is 4. The number of hydrogen-bond donors (Lipinski definition) is 0. The minimum atomic E-state index is 0.114. The number of nitriles is 1. The predicted molar refractivity (Wildman–Crippen MR) is 39.2 cm³/mol. The van der Waals surface area contributed by atoms with Crippen LogP contribution in [0.3, 0.4) is 0 Å². The van der Waals surface area contributed by atoms with Gasteiger partial charge in [0.25, 0.3) is 0 Å². The van der Waals surface area contributed by atoms with E-state index in [1.165, 1.54) is 6.08 Å². The Labute approximate surface area is 61.2 Å². The molecule has 0 aromatic heterocycles. The molecule has 0 saturated carbocycles. The first-order valence-electron chi connectivity index (χ1n) is 3.31. The van der Waals surface area contributed by atoms with Crippen molar-refractivity contribution in [2.75, 3.05) is 0 Å². The molecule has 0 bridgehead atoms. The maximum absolute atomic E-state index is 10.1. The van der Waals surface area contributed by atoms with Crippen LogP contribution in [0.25, 0.3) is 0 Å². The van der Waals surface area contributed by atoms with Crippen molar-refractivity contribution in [2.45, 2.75) is 19.8 Å². The Morgan fingerprint density at radius 2 is 2.40 bits per heavy atom. The van der Waals surface area contributed by atoms with Crippen LogP contribution in [0.2, 0.25) is 0 Å². The molecule has 0 aliphatic heterocycles. The summed E-state index contributed by atoms with van der Waals surface area (Å²) in [4.78, 5) is 10.1. The molecule has 0 radical (unpaired) electrons. The molecule has 0 aromatic carbocycles. The molecule has 0 aliphatic carbocycles. The number of carbonyl (C=O) groups is 1. The summed E-state index contributed by atoms with van der Waals surface area (Å²) in [5.41, 5.74) is 0. The van der Waals surface area contributed by atoms with Crippen molar-refractivity contribution in [1.82, 2.24) is 0 Å². The third kappa shape index (κ3) is 5.04. The van der Waals surface area contributed by atoms with E-state index in [0.29, 0.717) is 0 Å². The molecule has 54 valence electrons. The van der Waals surface area contributed by atoms with Crippen LogP contribution in [0, 0.1) is 17.2 Å². The summed E-state index contributed by atoms with van der Waals surface area (Å²) in [6.45, 7) is 1.87. The van der Waals surface area contributed by atoms with Crippen LogP contribution in [0.4, 0.5) is 0 Å². The molecule has 1 unspecified atom stereocenters. The van der Waals surface area contributed by atoms with Crippen molar-refractivity contribution in [3.05, 3.63) is 12.2 Å². The summed E-state index contributed by atoms with van der Waals surface area (Å²) >= 11 is 0. The van der Waals surface area contributed by atoms with Crippen molar-refractivity contribution in [3.63, 3.8) is 0 Å². The predicted octanol–water partition coefficient (Wildman–Crippen LogP) is 1.68. The SMILES string of the molecule is CC(C=O)CC/C=C\C#N. The number of nitrogens with zero attached hydrogens (tertiary/aromatic N) is 1. The second-order valence-corrected chi connectivity index (χ2v) is 2.22. The van der Waals surface area contributed by atoms with Crippen molar-refractivity contribution in [3.8, 4) is 6.07 Å². The lowest BCUT2D eigenvalue weighted by molar-refractivity contribution is -0.110. The molecular weight excluding hydrogens is 126 g/mol. The van der Waals surface area contributed by atoms with Gasteiger partial charge in [0.2, 0.25) is 0 Å².